The maximum absolute atomic E-state index is 6.22. The first-order chi connectivity index (χ1) is 10.2. The van der Waals surface area contributed by atoms with Gasteiger partial charge in [0.1, 0.15) is 17.2 Å². The van der Waals surface area contributed by atoms with Crippen LogP contribution in [0, 0.1) is 0 Å². The van der Waals surface area contributed by atoms with E-state index in [-0.39, 0.29) is 0 Å². The Kier molecular flexibility index (Phi) is 2.68. The molecule has 4 rings (SSSR count). The molecule has 0 atom stereocenters. The predicted molar refractivity (Wildman–Crippen MR) is 88.0 cm³/mol. The number of aromatic nitrogens is 3. The number of halogens is 1. The second-order valence-electron chi connectivity index (χ2n) is 4.81. The molecule has 1 aromatic carbocycles. The number of benzene rings is 1. The maximum atomic E-state index is 6.22. The Labute approximate surface area is 129 Å². The molecule has 4 aromatic rings. The van der Waals surface area contributed by atoms with Crippen LogP contribution in [0.2, 0.25) is 0 Å². The zero-order valence-corrected chi connectivity index (χ0v) is 12.6. The lowest BCUT2D eigenvalue weighted by Crippen LogP contribution is -1.95. The van der Waals surface area contributed by atoms with E-state index in [9.17, 15) is 0 Å². The molecule has 0 fully saturated rings. The molecule has 0 amide bonds. The number of hydrogen-bond donors (Lipinski definition) is 1. The molecule has 0 bridgehead atoms. The van der Waals surface area contributed by atoms with Gasteiger partial charge in [-0.2, -0.15) is 0 Å². The van der Waals surface area contributed by atoms with Crippen molar-refractivity contribution in [3.8, 4) is 11.4 Å². The van der Waals surface area contributed by atoms with Gasteiger partial charge in [0.15, 0.2) is 0 Å². The van der Waals surface area contributed by atoms with Crippen LogP contribution in [0.15, 0.2) is 59.2 Å². The average Bonchev–Trinajstić information content (AvgIpc) is 2.84. The molecular formula is C16H11BrN4. The third-order valence-electron chi connectivity index (χ3n) is 3.46. The predicted octanol–water partition coefficient (Wildman–Crippen LogP) is 3.89. The SMILES string of the molecule is Nc1c(-c2ccc3ccccc3n2)nc2ccc(Br)cn12. The Balaban J connectivity index is 1.97. The van der Waals surface area contributed by atoms with Gasteiger partial charge in [0, 0.05) is 16.1 Å². The zero-order valence-electron chi connectivity index (χ0n) is 11.0. The Morgan fingerprint density at radius 3 is 2.71 bits per heavy atom. The van der Waals surface area contributed by atoms with Crippen LogP contribution in [-0.2, 0) is 0 Å². The van der Waals surface area contributed by atoms with Gasteiger partial charge in [-0.3, -0.25) is 4.40 Å². The van der Waals surface area contributed by atoms with Crippen LogP contribution in [0.3, 0.4) is 0 Å². The molecule has 2 N–H and O–H groups in total. The Morgan fingerprint density at radius 2 is 1.81 bits per heavy atom. The van der Waals surface area contributed by atoms with E-state index in [1.165, 1.54) is 0 Å². The number of nitrogen functional groups attached to an aromatic ring is 1. The number of rotatable bonds is 1. The van der Waals surface area contributed by atoms with Crippen molar-refractivity contribution in [2.75, 3.05) is 5.73 Å². The summed E-state index contributed by atoms with van der Waals surface area (Å²) in [7, 11) is 0. The highest BCUT2D eigenvalue weighted by molar-refractivity contribution is 9.10. The maximum Gasteiger partial charge on any atom is 0.139 e. The number of pyridine rings is 2. The molecule has 102 valence electrons. The highest BCUT2D eigenvalue weighted by atomic mass is 79.9. The molecule has 3 heterocycles. The zero-order chi connectivity index (χ0) is 14.4. The Hall–Kier alpha value is -2.40. The molecule has 0 saturated carbocycles. The lowest BCUT2D eigenvalue weighted by Gasteiger charge is -2.01. The third-order valence-corrected chi connectivity index (χ3v) is 3.93. The molecule has 0 saturated heterocycles. The Morgan fingerprint density at radius 1 is 0.952 bits per heavy atom. The molecule has 4 nitrogen and oxygen atoms in total. The Bertz CT molecular complexity index is 975. The van der Waals surface area contributed by atoms with Crippen molar-refractivity contribution in [2.45, 2.75) is 0 Å². The molecule has 0 aliphatic heterocycles. The second kappa shape index (κ2) is 4.56. The van der Waals surface area contributed by atoms with Gasteiger partial charge in [-0.1, -0.05) is 24.3 Å². The summed E-state index contributed by atoms with van der Waals surface area (Å²) in [6, 6.07) is 15.9. The van der Waals surface area contributed by atoms with E-state index in [0.717, 1.165) is 26.7 Å². The van der Waals surface area contributed by atoms with Crippen LogP contribution < -0.4 is 5.73 Å². The minimum atomic E-state index is 0.592. The van der Waals surface area contributed by atoms with E-state index in [1.807, 2.05) is 59.1 Å². The van der Waals surface area contributed by atoms with Crippen LogP contribution in [0.5, 0.6) is 0 Å². The van der Waals surface area contributed by atoms with E-state index in [4.69, 9.17) is 5.73 Å². The topological polar surface area (TPSA) is 56.2 Å². The second-order valence-corrected chi connectivity index (χ2v) is 5.73. The summed E-state index contributed by atoms with van der Waals surface area (Å²) in [4.78, 5) is 9.24. The number of nitrogens with two attached hydrogens (primary N) is 1. The van der Waals surface area contributed by atoms with Crippen molar-refractivity contribution < 1.29 is 0 Å². The monoisotopic (exact) mass is 338 g/mol. The minimum absolute atomic E-state index is 0.592. The highest BCUT2D eigenvalue weighted by Gasteiger charge is 2.13. The first kappa shape index (κ1) is 12.3. The minimum Gasteiger partial charge on any atom is -0.383 e. The van der Waals surface area contributed by atoms with Gasteiger partial charge < -0.3 is 5.73 Å². The summed E-state index contributed by atoms with van der Waals surface area (Å²) >= 11 is 3.44. The van der Waals surface area contributed by atoms with Gasteiger partial charge in [-0.05, 0) is 40.2 Å². The smallest absolute Gasteiger partial charge is 0.139 e. The van der Waals surface area contributed by atoms with Crippen LogP contribution >= 0.6 is 15.9 Å². The summed E-state index contributed by atoms with van der Waals surface area (Å²) in [5, 5.41) is 1.10. The number of hydrogen-bond acceptors (Lipinski definition) is 3. The van der Waals surface area contributed by atoms with Gasteiger partial charge in [0.2, 0.25) is 0 Å². The molecule has 0 spiro atoms. The number of anilines is 1. The van der Waals surface area contributed by atoms with Crippen LogP contribution in [0.1, 0.15) is 0 Å². The van der Waals surface area contributed by atoms with Crippen molar-refractivity contribution in [1.29, 1.82) is 0 Å². The van der Waals surface area contributed by atoms with Crippen LogP contribution in [0.4, 0.5) is 5.82 Å². The number of nitrogens with zero attached hydrogens (tertiary/aromatic N) is 3. The highest BCUT2D eigenvalue weighted by Crippen LogP contribution is 2.27. The number of imidazole rings is 1. The van der Waals surface area contributed by atoms with E-state index < -0.39 is 0 Å². The fourth-order valence-corrected chi connectivity index (χ4v) is 2.76. The quantitative estimate of drug-likeness (QED) is 0.572. The first-order valence-electron chi connectivity index (χ1n) is 6.51. The van der Waals surface area contributed by atoms with Gasteiger partial charge in [0.25, 0.3) is 0 Å². The number of fused-ring (bicyclic) bond motifs is 2. The summed E-state index contributed by atoms with van der Waals surface area (Å²) < 4.78 is 2.81. The number of para-hydroxylation sites is 1. The van der Waals surface area contributed by atoms with E-state index in [0.29, 0.717) is 11.5 Å². The molecule has 0 unspecified atom stereocenters. The molecular weight excluding hydrogens is 328 g/mol. The van der Waals surface area contributed by atoms with Crippen molar-refractivity contribution in [3.05, 3.63) is 59.2 Å². The van der Waals surface area contributed by atoms with Crippen LogP contribution in [0.25, 0.3) is 27.9 Å². The average molecular weight is 339 g/mol. The van der Waals surface area contributed by atoms with Gasteiger partial charge >= 0.3 is 0 Å². The molecule has 5 heteroatoms. The summed E-state index contributed by atoms with van der Waals surface area (Å²) in [5.74, 6) is 0.592. The van der Waals surface area contributed by atoms with Crippen molar-refractivity contribution in [3.63, 3.8) is 0 Å². The van der Waals surface area contributed by atoms with Crippen molar-refractivity contribution in [2.24, 2.45) is 0 Å². The molecule has 0 radical (unpaired) electrons. The lowest BCUT2D eigenvalue weighted by molar-refractivity contribution is 1.18. The van der Waals surface area contributed by atoms with Gasteiger partial charge in [-0.15, -0.1) is 0 Å². The normalized spacial score (nSPS) is 11.3. The summed E-state index contributed by atoms with van der Waals surface area (Å²) in [6.45, 7) is 0. The van der Waals surface area contributed by atoms with E-state index >= 15 is 0 Å². The molecule has 0 aliphatic rings. The van der Waals surface area contributed by atoms with Crippen LogP contribution in [-0.4, -0.2) is 14.4 Å². The molecule has 3 aromatic heterocycles. The summed E-state index contributed by atoms with van der Waals surface area (Å²) in [6.07, 6.45) is 1.90. The fraction of sp³-hybridized carbons (Fsp3) is 0. The molecule has 21 heavy (non-hydrogen) atoms. The fourth-order valence-electron chi connectivity index (χ4n) is 2.42. The third kappa shape index (κ3) is 1.97. The first-order valence-corrected chi connectivity index (χ1v) is 7.31. The van der Waals surface area contributed by atoms with E-state index in [2.05, 4.69) is 25.9 Å². The standard InChI is InChI=1S/C16H11BrN4/c17-11-6-8-14-20-15(16(18)21(14)9-11)13-7-5-10-3-1-2-4-12(10)19-13/h1-9H,18H2. The largest absolute Gasteiger partial charge is 0.383 e. The molecule has 0 aliphatic carbocycles. The van der Waals surface area contributed by atoms with E-state index in [1.54, 1.807) is 0 Å². The van der Waals surface area contributed by atoms with Crippen molar-refractivity contribution >= 4 is 38.3 Å². The van der Waals surface area contributed by atoms with Crippen molar-refractivity contribution in [1.82, 2.24) is 14.4 Å². The summed E-state index contributed by atoms with van der Waals surface area (Å²) in [5.41, 5.74) is 9.46. The van der Waals surface area contributed by atoms with Gasteiger partial charge in [-0.25, -0.2) is 9.97 Å². The van der Waals surface area contributed by atoms with Gasteiger partial charge in [0.05, 0.1) is 11.2 Å². The lowest BCUT2D eigenvalue weighted by atomic mass is 10.2.